The summed E-state index contributed by atoms with van der Waals surface area (Å²) in [5.74, 6) is 1.66. The van der Waals surface area contributed by atoms with E-state index in [0.717, 1.165) is 11.5 Å². The van der Waals surface area contributed by atoms with Gasteiger partial charge in [0, 0.05) is 12.5 Å². The fourth-order valence-electron chi connectivity index (χ4n) is 2.60. The van der Waals surface area contributed by atoms with Crippen LogP contribution in [0.4, 0.5) is 0 Å². The van der Waals surface area contributed by atoms with Crippen molar-refractivity contribution < 1.29 is 14.7 Å². The third-order valence-electron chi connectivity index (χ3n) is 4.14. The first-order chi connectivity index (χ1) is 11.5. The van der Waals surface area contributed by atoms with E-state index < -0.39 is 0 Å². The lowest BCUT2D eigenvalue weighted by Crippen LogP contribution is -2.25. The normalized spacial score (nSPS) is 11.6. The molecule has 0 atom stereocenters. The highest BCUT2D eigenvalue weighted by molar-refractivity contribution is 5.41. The molecule has 0 amide bonds. The highest BCUT2D eigenvalue weighted by atomic mass is 16.7. The van der Waals surface area contributed by atoms with E-state index >= 15 is 0 Å². The average Bonchev–Trinajstić information content (AvgIpc) is 2.56. The quantitative estimate of drug-likeness (QED) is 0.751. The zero-order chi connectivity index (χ0) is 17.6. The molecule has 0 aliphatic heterocycles. The first kappa shape index (κ1) is 18.3. The number of rotatable bonds is 8. The first-order valence-corrected chi connectivity index (χ1v) is 8.31. The molecule has 2 aromatic carbocycles. The van der Waals surface area contributed by atoms with Gasteiger partial charge in [0.15, 0.2) is 0 Å². The highest BCUT2D eigenvalue weighted by Gasteiger charge is 2.23. The Hall–Kier alpha value is -2.04. The topological polar surface area (TPSA) is 41.9 Å². The van der Waals surface area contributed by atoms with Gasteiger partial charge in [0.1, 0.15) is 11.5 Å². The highest BCUT2D eigenvalue weighted by Crippen LogP contribution is 2.33. The predicted octanol–water partition coefficient (Wildman–Crippen LogP) is 3.63. The summed E-state index contributed by atoms with van der Waals surface area (Å²) in [5.41, 5.74) is 2.33. The van der Waals surface area contributed by atoms with Crippen LogP contribution in [0, 0.1) is 0 Å². The van der Waals surface area contributed by atoms with Crippen LogP contribution in [0.1, 0.15) is 31.9 Å². The van der Waals surface area contributed by atoms with Gasteiger partial charge in [-0.1, -0.05) is 38.1 Å². The van der Waals surface area contributed by atoms with Crippen molar-refractivity contribution in [3.05, 3.63) is 59.7 Å². The number of hydroxylamine groups is 2. The van der Waals surface area contributed by atoms with Gasteiger partial charge in [0.25, 0.3) is 0 Å². The first-order valence-electron chi connectivity index (χ1n) is 8.31. The summed E-state index contributed by atoms with van der Waals surface area (Å²) in [6.45, 7) is 7.61. The molecule has 0 bridgehead atoms. The van der Waals surface area contributed by atoms with E-state index in [1.54, 1.807) is 12.1 Å². The Morgan fingerprint density at radius 3 is 1.88 bits per heavy atom. The maximum absolute atomic E-state index is 8.91. The number of ether oxygens (including phenoxy) is 1. The van der Waals surface area contributed by atoms with Crippen LogP contribution in [-0.2, 0) is 5.41 Å². The van der Waals surface area contributed by atoms with Crippen LogP contribution in [0.2, 0.25) is 0 Å². The molecule has 0 spiro atoms. The van der Waals surface area contributed by atoms with Crippen molar-refractivity contribution in [1.82, 2.24) is 5.06 Å². The van der Waals surface area contributed by atoms with E-state index in [2.05, 4.69) is 38.1 Å². The van der Waals surface area contributed by atoms with Gasteiger partial charge in [-0.05, 0) is 42.3 Å². The summed E-state index contributed by atoms with van der Waals surface area (Å²) in [6.07, 6.45) is 0. The van der Waals surface area contributed by atoms with Gasteiger partial charge in [-0.3, -0.25) is 0 Å². The molecule has 0 fully saturated rings. The molecule has 0 radical (unpaired) electrons. The largest absolute Gasteiger partial charge is 0.494 e. The van der Waals surface area contributed by atoms with Crippen LogP contribution in [0.5, 0.6) is 11.5 Å². The van der Waals surface area contributed by atoms with E-state index in [0.29, 0.717) is 13.2 Å². The average molecular weight is 329 g/mol. The summed E-state index contributed by atoms with van der Waals surface area (Å²) >= 11 is 0. The SMILES string of the molecule is CCOc1ccc(C(C)(C)c2ccc(ON(C)CCO)cc2)cc1. The molecule has 0 unspecified atom stereocenters. The third-order valence-corrected chi connectivity index (χ3v) is 4.14. The Bertz CT molecular complexity index is 620. The molecule has 4 nitrogen and oxygen atoms in total. The van der Waals surface area contributed by atoms with Crippen molar-refractivity contribution in [3.8, 4) is 11.5 Å². The fraction of sp³-hybridized carbons (Fsp3) is 0.400. The summed E-state index contributed by atoms with van der Waals surface area (Å²) in [4.78, 5) is 5.63. The van der Waals surface area contributed by atoms with Gasteiger partial charge in [-0.25, -0.2) is 0 Å². The van der Waals surface area contributed by atoms with Gasteiger partial charge < -0.3 is 14.7 Å². The van der Waals surface area contributed by atoms with Crippen LogP contribution < -0.4 is 9.57 Å². The predicted molar refractivity (Wildman–Crippen MR) is 96.5 cm³/mol. The van der Waals surface area contributed by atoms with Crippen LogP contribution in [0.3, 0.4) is 0 Å². The minimum absolute atomic E-state index is 0.0688. The van der Waals surface area contributed by atoms with E-state index in [1.165, 1.54) is 11.1 Å². The summed E-state index contributed by atoms with van der Waals surface area (Å²) in [5, 5.41) is 10.5. The Balaban J connectivity index is 2.13. The number of aliphatic hydroxyl groups is 1. The van der Waals surface area contributed by atoms with Crippen molar-refractivity contribution >= 4 is 0 Å². The van der Waals surface area contributed by atoms with Crippen LogP contribution in [0.15, 0.2) is 48.5 Å². The third kappa shape index (κ3) is 4.49. The van der Waals surface area contributed by atoms with Gasteiger partial charge in [0.2, 0.25) is 0 Å². The monoisotopic (exact) mass is 329 g/mol. The van der Waals surface area contributed by atoms with Gasteiger partial charge in [-0.15, -0.1) is 5.06 Å². The Morgan fingerprint density at radius 2 is 1.42 bits per heavy atom. The lowest BCUT2D eigenvalue weighted by Gasteiger charge is -2.27. The Kier molecular flexibility index (Phi) is 6.23. The van der Waals surface area contributed by atoms with Gasteiger partial charge in [0.05, 0.1) is 19.8 Å². The number of hydrogen-bond acceptors (Lipinski definition) is 4. The van der Waals surface area contributed by atoms with E-state index in [9.17, 15) is 0 Å². The smallest absolute Gasteiger partial charge is 0.147 e. The number of nitrogens with zero attached hydrogens (tertiary/aromatic N) is 1. The molecule has 2 rings (SSSR count). The molecule has 130 valence electrons. The van der Waals surface area contributed by atoms with Crippen LogP contribution in [-0.4, -0.2) is 37.0 Å². The maximum Gasteiger partial charge on any atom is 0.147 e. The van der Waals surface area contributed by atoms with Crippen LogP contribution >= 0.6 is 0 Å². The standard InChI is InChI=1S/C20H27NO3/c1-5-23-18-10-6-16(7-11-18)20(2,3)17-8-12-19(13-9-17)24-21(4)14-15-22/h6-13,22H,5,14-15H2,1-4H3. The zero-order valence-corrected chi connectivity index (χ0v) is 15.0. The molecule has 2 aromatic rings. The molecule has 4 heteroatoms. The molecule has 1 N–H and O–H groups in total. The second-order valence-electron chi connectivity index (χ2n) is 6.27. The Labute approximate surface area is 144 Å². The number of benzene rings is 2. The minimum Gasteiger partial charge on any atom is -0.494 e. The van der Waals surface area contributed by atoms with Crippen molar-refractivity contribution in [2.24, 2.45) is 0 Å². The van der Waals surface area contributed by atoms with Crippen molar-refractivity contribution in [1.29, 1.82) is 0 Å². The van der Waals surface area contributed by atoms with Crippen molar-refractivity contribution in [2.45, 2.75) is 26.2 Å². The van der Waals surface area contributed by atoms with Gasteiger partial charge in [-0.2, -0.15) is 0 Å². The molecular weight excluding hydrogens is 302 g/mol. The lowest BCUT2D eigenvalue weighted by molar-refractivity contribution is -0.0420. The number of hydrogen-bond donors (Lipinski definition) is 1. The van der Waals surface area contributed by atoms with E-state index in [1.807, 2.05) is 31.2 Å². The molecule has 0 aromatic heterocycles. The van der Waals surface area contributed by atoms with E-state index in [4.69, 9.17) is 14.7 Å². The second-order valence-corrected chi connectivity index (χ2v) is 6.27. The molecule has 24 heavy (non-hydrogen) atoms. The van der Waals surface area contributed by atoms with Crippen LogP contribution in [0.25, 0.3) is 0 Å². The summed E-state index contributed by atoms with van der Waals surface area (Å²) < 4.78 is 5.51. The lowest BCUT2D eigenvalue weighted by atomic mass is 9.78. The number of aliphatic hydroxyl groups excluding tert-OH is 1. The number of likely N-dealkylation sites (N-methyl/N-ethyl adjacent to an activating group) is 1. The maximum atomic E-state index is 8.91. The molecule has 0 heterocycles. The summed E-state index contributed by atoms with van der Waals surface area (Å²) in [7, 11) is 1.80. The zero-order valence-electron chi connectivity index (χ0n) is 15.0. The second kappa shape index (κ2) is 8.18. The minimum atomic E-state index is -0.111. The molecular formula is C20H27NO3. The van der Waals surface area contributed by atoms with Gasteiger partial charge >= 0.3 is 0 Å². The fourth-order valence-corrected chi connectivity index (χ4v) is 2.60. The van der Waals surface area contributed by atoms with Crippen molar-refractivity contribution in [3.63, 3.8) is 0 Å². The van der Waals surface area contributed by atoms with Crippen molar-refractivity contribution in [2.75, 3.05) is 26.8 Å². The van der Waals surface area contributed by atoms with E-state index in [-0.39, 0.29) is 12.0 Å². The summed E-state index contributed by atoms with van der Waals surface area (Å²) in [6, 6.07) is 16.3. The molecule has 0 saturated carbocycles. The molecule has 0 aliphatic rings. The Morgan fingerprint density at radius 1 is 0.917 bits per heavy atom. The molecule has 0 saturated heterocycles. The molecule has 0 aliphatic carbocycles.